The second-order valence-electron chi connectivity index (χ2n) is 6.32. The van der Waals surface area contributed by atoms with E-state index in [9.17, 15) is 0 Å². The Hall–Kier alpha value is -0.603. The van der Waals surface area contributed by atoms with Crippen LogP contribution in [0.4, 0.5) is 0 Å². The zero-order valence-electron chi connectivity index (χ0n) is 12.6. The third-order valence-electron chi connectivity index (χ3n) is 3.14. The normalized spacial score (nSPS) is 13.9. The van der Waals surface area contributed by atoms with Gasteiger partial charge in [-0.3, -0.25) is 0 Å². The molecule has 0 aliphatic heterocycles. The number of benzene rings is 1. The molecule has 2 heteroatoms. The Morgan fingerprint density at radius 3 is 2.17 bits per heavy atom. The van der Waals surface area contributed by atoms with Crippen LogP contribution in [0.25, 0.3) is 0 Å². The van der Waals surface area contributed by atoms with Crippen molar-refractivity contribution in [2.75, 3.05) is 0 Å². The average molecular weight is 264 g/mol. The first-order chi connectivity index (χ1) is 8.39. The lowest BCUT2D eigenvalue weighted by atomic mass is 10.1. The van der Waals surface area contributed by atoms with E-state index >= 15 is 0 Å². The number of hydrogen-bond donors (Lipinski definition) is 0. The molecule has 1 unspecified atom stereocenters. The molecule has 0 aliphatic rings. The molecule has 0 radical (unpaired) electrons. The van der Waals surface area contributed by atoms with Crippen molar-refractivity contribution in [3.8, 4) is 0 Å². The summed E-state index contributed by atoms with van der Waals surface area (Å²) < 4.78 is 6.33. The largest absolute Gasteiger partial charge is 0.414 e. The van der Waals surface area contributed by atoms with Gasteiger partial charge in [-0.25, -0.2) is 0 Å². The Morgan fingerprint density at radius 1 is 1.00 bits per heavy atom. The van der Waals surface area contributed by atoms with Crippen LogP contribution in [0.3, 0.4) is 0 Å². The monoisotopic (exact) mass is 264 g/mol. The molecule has 0 aromatic heterocycles. The smallest absolute Gasteiger partial charge is 0.191 e. The summed E-state index contributed by atoms with van der Waals surface area (Å²) in [6, 6.07) is 11.8. The fourth-order valence-corrected chi connectivity index (χ4v) is 4.81. The van der Waals surface area contributed by atoms with E-state index in [1.165, 1.54) is 18.4 Å². The SMILES string of the molecule is CC(C)CCC(C)O[Si](C)(C)Cc1ccccc1. The topological polar surface area (TPSA) is 9.23 Å². The summed E-state index contributed by atoms with van der Waals surface area (Å²) in [5.41, 5.74) is 1.41. The first-order valence-electron chi connectivity index (χ1n) is 7.11. The Labute approximate surface area is 114 Å². The molecule has 1 nitrogen and oxygen atoms in total. The molecule has 0 fully saturated rings. The molecule has 102 valence electrons. The predicted molar refractivity (Wildman–Crippen MR) is 82.2 cm³/mol. The maximum absolute atomic E-state index is 6.33. The minimum atomic E-state index is -1.58. The van der Waals surface area contributed by atoms with Crippen molar-refractivity contribution >= 4 is 8.32 Å². The van der Waals surface area contributed by atoms with Gasteiger partial charge in [-0.05, 0) is 50.4 Å². The molecular weight excluding hydrogens is 236 g/mol. The Balaban J connectivity index is 2.43. The summed E-state index contributed by atoms with van der Waals surface area (Å²) in [7, 11) is -1.58. The lowest BCUT2D eigenvalue weighted by Gasteiger charge is -2.28. The van der Waals surface area contributed by atoms with Gasteiger partial charge in [0.05, 0.1) is 0 Å². The van der Waals surface area contributed by atoms with Gasteiger partial charge in [0.25, 0.3) is 0 Å². The quantitative estimate of drug-likeness (QED) is 0.642. The third kappa shape index (κ3) is 6.36. The highest BCUT2D eigenvalue weighted by Crippen LogP contribution is 2.18. The molecule has 0 N–H and O–H groups in total. The Morgan fingerprint density at radius 2 is 1.61 bits per heavy atom. The van der Waals surface area contributed by atoms with Gasteiger partial charge in [0.2, 0.25) is 0 Å². The van der Waals surface area contributed by atoms with Gasteiger partial charge in [-0.1, -0.05) is 44.2 Å². The van der Waals surface area contributed by atoms with Crippen LogP contribution in [0.1, 0.15) is 39.2 Å². The summed E-state index contributed by atoms with van der Waals surface area (Å²) in [5, 5.41) is 0. The predicted octanol–water partition coefficient (Wildman–Crippen LogP) is 4.81. The highest BCUT2D eigenvalue weighted by Gasteiger charge is 2.25. The molecule has 1 aromatic rings. The average Bonchev–Trinajstić information content (AvgIpc) is 2.26. The lowest BCUT2D eigenvalue weighted by Crippen LogP contribution is -2.37. The molecule has 1 aromatic carbocycles. The number of rotatable bonds is 7. The van der Waals surface area contributed by atoms with Crippen molar-refractivity contribution in [3.63, 3.8) is 0 Å². The van der Waals surface area contributed by atoms with E-state index in [0.29, 0.717) is 6.10 Å². The maximum Gasteiger partial charge on any atom is 0.191 e. The third-order valence-corrected chi connectivity index (χ3v) is 5.44. The summed E-state index contributed by atoms with van der Waals surface area (Å²) in [6.07, 6.45) is 2.85. The minimum absolute atomic E-state index is 0.401. The van der Waals surface area contributed by atoms with E-state index in [-0.39, 0.29) is 0 Å². The first-order valence-corrected chi connectivity index (χ1v) is 10.2. The summed E-state index contributed by atoms with van der Waals surface area (Å²) in [4.78, 5) is 0. The van der Waals surface area contributed by atoms with E-state index in [1.807, 2.05) is 0 Å². The molecule has 18 heavy (non-hydrogen) atoms. The van der Waals surface area contributed by atoms with E-state index in [0.717, 1.165) is 12.0 Å². The van der Waals surface area contributed by atoms with Gasteiger partial charge >= 0.3 is 0 Å². The second kappa shape index (κ2) is 7.10. The van der Waals surface area contributed by atoms with Gasteiger partial charge in [0, 0.05) is 6.10 Å². The molecule has 1 atom stereocenters. The van der Waals surface area contributed by atoms with E-state index in [4.69, 9.17) is 4.43 Å². The molecule has 0 saturated carbocycles. The minimum Gasteiger partial charge on any atom is -0.414 e. The van der Waals surface area contributed by atoms with Crippen LogP contribution in [0.2, 0.25) is 13.1 Å². The van der Waals surface area contributed by atoms with E-state index < -0.39 is 8.32 Å². The lowest BCUT2D eigenvalue weighted by molar-refractivity contribution is 0.191. The highest BCUT2D eigenvalue weighted by atomic mass is 28.4. The molecular formula is C16H28OSi. The molecule has 0 spiro atoms. The number of hydrogen-bond acceptors (Lipinski definition) is 1. The molecule has 0 bridgehead atoms. The fourth-order valence-electron chi connectivity index (χ4n) is 2.30. The van der Waals surface area contributed by atoms with Crippen molar-refractivity contribution in [3.05, 3.63) is 35.9 Å². The first kappa shape index (κ1) is 15.5. The molecule has 0 aliphatic carbocycles. The van der Waals surface area contributed by atoms with Crippen LogP contribution in [-0.4, -0.2) is 14.4 Å². The van der Waals surface area contributed by atoms with E-state index in [2.05, 4.69) is 64.2 Å². The standard InChI is InChI=1S/C16H28OSi/c1-14(2)11-12-15(3)17-18(4,5)13-16-9-7-6-8-10-16/h6-10,14-15H,11-13H2,1-5H3. The van der Waals surface area contributed by atoms with Crippen LogP contribution < -0.4 is 0 Å². The van der Waals surface area contributed by atoms with E-state index in [1.54, 1.807) is 0 Å². The highest BCUT2D eigenvalue weighted by molar-refractivity contribution is 6.70. The van der Waals surface area contributed by atoms with Crippen LogP contribution >= 0.6 is 0 Å². The van der Waals surface area contributed by atoms with Gasteiger partial charge in [0.15, 0.2) is 8.32 Å². The maximum atomic E-state index is 6.33. The van der Waals surface area contributed by atoms with Gasteiger partial charge < -0.3 is 4.43 Å². The van der Waals surface area contributed by atoms with Crippen LogP contribution in [0, 0.1) is 5.92 Å². The molecule has 0 amide bonds. The van der Waals surface area contributed by atoms with Crippen LogP contribution in [0.5, 0.6) is 0 Å². The molecule has 0 heterocycles. The molecule has 1 rings (SSSR count). The summed E-state index contributed by atoms with van der Waals surface area (Å²) >= 11 is 0. The second-order valence-corrected chi connectivity index (χ2v) is 10.4. The van der Waals surface area contributed by atoms with Gasteiger partial charge in [-0.2, -0.15) is 0 Å². The molecule has 0 saturated heterocycles. The zero-order valence-corrected chi connectivity index (χ0v) is 13.6. The van der Waals surface area contributed by atoms with Gasteiger partial charge in [0.1, 0.15) is 0 Å². The van der Waals surface area contributed by atoms with Crippen molar-refractivity contribution in [1.82, 2.24) is 0 Å². The van der Waals surface area contributed by atoms with Crippen molar-refractivity contribution in [2.24, 2.45) is 5.92 Å². The van der Waals surface area contributed by atoms with Crippen molar-refractivity contribution < 1.29 is 4.43 Å². The van der Waals surface area contributed by atoms with Crippen molar-refractivity contribution in [1.29, 1.82) is 0 Å². The van der Waals surface area contributed by atoms with Crippen molar-refractivity contribution in [2.45, 2.75) is 58.9 Å². The fraction of sp³-hybridized carbons (Fsp3) is 0.625. The Bertz CT molecular complexity index is 332. The summed E-state index contributed by atoms with van der Waals surface area (Å²) in [6.45, 7) is 11.4. The van der Waals surface area contributed by atoms with Gasteiger partial charge in [-0.15, -0.1) is 0 Å². The van der Waals surface area contributed by atoms with Crippen LogP contribution in [-0.2, 0) is 10.5 Å². The Kier molecular flexibility index (Phi) is 6.10. The summed E-state index contributed by atoms with van der Waals surface area (Å²) in [5.74, 6) is 0.773. The zero-order chi connectivity index (χ0) is 13.6. The van der Waals surface area contributed by atoms with Crippen LogP contribution in [0.15, 0.2) is 30.3 Å².